The minimum atomic E-state index is -0.0617. The highest BCUT2D eigenvalue weighted by atomic mass is 16.1. The maximum atomic E-state index is 11.1. The van der Waals surface area contributed by atoms with Gasteiger partial charge >= 0.3 is 0 Å². The van der Waals surface area contributed by atoms with Crippen molar-refractivity contribution in [2.45, 2.75) is 39.8 Å². The summed E-state index contributed by atoms with van der Waals surface area (Å²) in [6.45, 7) is 7.24. The molecular weight excluding hydrogens is 264 g/mol. The number of benzene rings is 1. The van der Waals surface area contributed by atoms with Crippen LogP contribution in [-0.4, -0.2) is 24.5 Å². The number of guanidine groups is 1. The number of anilines is 1. The van der Waals surface area contributed by atoms with Crippen LogP contribution in [0.1, 0.15) is 32.8 Å². The number of amides is 1. The minimum Gasteiger partial charge on any atom is -0.357 e. The van der Waals surface area contributed by atoms with Crippen molar-refractivity contribution >= 4 is 17.6 Å². The van der Waals surface area contributed by atoms with Crippen LogP contribution in [-0.2, 0) is 11.3 Å². The Balaban J connectivity index is 1.97. The summed E-state index contributed by atoms with van der Waals surface area (Å²) < 4.78 is 0. The lowest BCUT2D eigenvalue weighted by Crippen LogP contribution is -2.39. The third-order valence-corrected chi connectivity index (χ3v) is 3.44. The molecule has 1 fully saturated rings. The third kappa shape index (κ3) is 5.10. The summed E-state index contributed by atoms with van der Waals surface area (Å²) in [6, 6.07) is 8.32. The van der Waals surface area contributed by atoms with Crippen LogP contribution < -0.4 is 16.0 Å². The topological polar surface area (TPSA) is 65.5 Å². The molecule has 2 rings (SSSR count). The molecule has 0 radical (unpaired) electrons. The molecule has 1 saturated carbocycles. The van der Waals surface area contributed by atoms with Gasteiger partial charge in [0.25, 0.3) is 0 Å². The van der Waals surface area contributed by atoms with Crippen LogP contribution in [0.5, 0.6) is 0 Å². The first-order valence-electron chi connectivity index (χ1n) is 7.50. The lowest BCUT2D eigenvalue weighted by molar-refractivity contribution is -0.114. The number of carbonyl (C=O) groups is 1. The van der Waals surface area contributed by atoms with E-state index in [0.29, 0.717) is 12.6 Å². The third-order valence-electron chi connectivity index (χ3n) is 3.44. The fraction of sp³-hybridized carbons (Fsp3) is 0.500. The van der Waals surface area contributed by atoms with Gasteiger partial charge in [-0.2, -0.15) is 0 Å². The molecule has 5 nitrogen and oxygen atoms in total. The van der Waals surface area contributed by atoms with E-state index in [2.05, 4.69) is 34.8 Å². The standard InChI is InChI=1S/C16H24N4O/c1-4-17-16(20-15-8-11(15)2)18-10-13-6-5-7-14(9-13)19-12(3)21/h5-7,9,11,15H,4,8,10H2,1-3H3,(H,19,21)(H2,17,18,20). The van der Waals surface area contributed by atoms with E-state index in [-0.39, 0.29) is 5.91 Å². The molecule has 0 heterocycles. The number of nitrogens with zero attached hydrogens (tertiary/aromatic N) is 1. The number of hydrogen-bond acceptors (Lipinski definition) is 2. The summed E-state index contributed by atoms with van der Waals surface area (Å²) in [5.74, 6) is 1.53. The predicted octanol–water partition coefficient (Wildman–Crippen LogP) is 2.11. The zero-order valence-electron chi connectivity index (χ0n) is 12.9. The molecular formula is C16H24N4O. The molecule has 1 aromatic carbocycles. The lowest BCUT2D eigenvalue weighted by Gasteiger charge is -2.11. The summed E-state index contributed by atoms with van der Waals surface area (Å²) in [5, 5.41) is 9.48. The van der Waals surface area contributed by atoms with Gasteiger partial charge in [0.2, 0.25) is 5.91 Å². The summed E-state index contributed by atoms with van der Waals surface area (Å²) in [5.41, 5.74) is 1.88. The second kappa shape index (κ2) is 7.11. The highest BCUT2D eigenvalue weighted by Crippen LogP contribution is 2.28. The SMILES string of the molecule is CCNC(=NCc1cccc(NC(C)=O)c1)NC1CC1C. The van der Waals surface area contributed by atoms with Gasteiger partial charge in [0.15, 0.2) is 5.96 Å². The molecule has 1 amide bonds. The molecule has 0 bridgehead atoms. The van der Waals surface area contributed by atoms with E-state index in [0.717, 1.165) is 29.7 Å². The van der Waals surface area contributed by atoms with E-state index >= 15 is 0 Å². The van der Waals surface area contributed by atoms with Crippen molar-refractivity contribution in [2.24, 2.45) is 10.9 Å². The van der Waals surface area contributed by atoms with Crippen LogP contribution in [0.25, 0.3) is 0 Å². The van der Waals surface area contributed by atoms with Crippen LogP contribution in [0.3, 0.4) is 0 Å². The zero-order chi connectivity index (χ0) is 15.2. The second-order valence-electron chi connectivity index (χ2n) is 5.54. The van der Waals surface area contributed by atoms with Gasteiger partial charge in [-0.15, -0.1) is 0 Å². The van der Waals surface area contributed by atoms with Crippen molar-refractivity contribution in [1.82, 2.24) is 10.6 Å². The molecule has 3 N–H and O–H groups in total. The lowest BCUT2D eigenvalue weighted by atomic mass is 10.2. The molecule has 0 saturated heterocycles. The van der Waals surface area contributed by atoms with E-state index < -0.39 is 0 Å². The Morgan fingerprint density at radius 2 is 2.19 bits per heavy atom. The molecule has 0 spiro atoms. The van der Waals surface area contributed by atoms with Crippen molar-refractivity contribution in [3.8, 4) is 0 Å². The van der Waals surface area contributed by atoms with E-state index in [1.54, 1.807) is 0 Å². The molecule has 114 valence electrons. The molecule has 1 aromatic rings. The van der Waals surface area contributed by atoms with Crippen LogP contribution in [0.4, 0.5) is 5.69 Å². The molecule has 21 heavy (non-hydrogen) atoms. The average molecular weight is 288 g/mol. The Labute approximate surface area is 126 Å². The maximum absolute atomic E-state index is 11.1. The van der Waals surface area contributed by atoms with E-state index in [1.807, 2.05) is 24.3 Å². The first kappa shape index (κ1) is 15.4. The smallest absolute Gasteiger partial charge is 0.221 e. The minimum absolute atomic E-state index is 0.0617. The fourth-order valence-electron chi connectivity index (χ4n) is 2.14. The molecule has 0 aromatic heterocycles. The van der Waals surface area contributed by atoms with Crippen LogP contribution in [0.15, 0.2) is 29.3 Å². The predicted molar refractivity (Wildman–Crippen MR) is 86.3 cm³/mol. The van der Waals surface area contributed by atoms with Crippen LogP contribution >= 0.6 is 0 Å². The average Bonchev–Trinajstić information content (AvgIpc) is 3.11. The first-order valence-corrected chi connectivity index (χ1v) is 7.50. The largest absolute Gasteiger partial charge is 0.357 e. The normalized spacial score (nSPS) is 20.8. The zero-order valence-corrected chi connectivity index (χ0v) is 12.9. The highest BCUT2D eigenvalue weighted by molar-refractivity contribution is 5.88. The fourth-order valence-corrected chi connectivity index (χ4v) is 2.14. The van der Waals surface area contributed by atoms with Gasteiger partial charge in [-0.25, -0.2) is 4.99 Å². The van der Waals surface area contributed by atoms with Gasteiger partial charge < -0.3 is 16.0 Å². The number of rotatable bonds is 5. The van der Waals surface area contributed by atoms with Crippen molar-refractivity contribution in [3.05, 3.63) is 29.8 Å². The van der Waals surface area contributed by atoms with Crippen molar-refractivity contribution < 1.29 is 4.79 Å². The Kier molecular flexibility index (Phi) is 5.20. The van der Waals surface area contributed by atoms with Gasteiger partial charge in [-0.05, 0) is 37.0 Å². The number of nitrogens with one attached hydrogen (secondary N) is 3. The summed E-state index contributed by atoms with van der Waals surface area (Å²) in [6.07, 6.45) is 1.21. The van der Waals surface area contributed by atoms with Crippen LogP contribution in [0, 0.1) is 5.92 Å². The quantitative estimate of drug-likeness (QED) is 0.574. The van der Waals surface area contributed by atoms with Gasteiger partial charge in [0, 0.05) is 25.2 Å². The summed E-state index contributed by atoms with van der Waals surface area (Å²) >= 11 is 0. The summed E-state index contributed by atoms with van der Waals surface area (Å²) in [4.78, 5) is 15.7. The Morgan fingerprint density at radius 1 is 1.43 bits per heavy atom. The van der Waals surface area contributed by atoms with Crippen molar-refractivity contribution in [1.29, 1.82) is 0 Å². The molecule has 2 atom stereocenters. The van der Waals surface area contributed by atoms with E-state index in [1.165, 1.54) is 13.3 Å². The van der Waals surface area contributed by atoms with Crippen LogP contribution in [0.2, 0.25) is 0 Å². The van der Waals surface area contributed by atoms with E-state index in [4.69, 9.17) is 0 Å². The van der Waals surface area contributed by atoms with E-state index in [9.17, 15) is 4.79 Å². The Hall–Kier alpha value is -2.04. The van der Waals surface area contributed by atoms with Crippen molar-refractivity contribution in [3.63, 3.8) is 0 Å². The monoisotopic (exact) mass is 288 g/mol. The number of hydrogen-bond donors (Lipinski definition) is 3. The maximum Gasteiger partial charge on any atom is 0.221 e. The molecule has 5 heteroatoms. The van der Waals surface area contributed by atoms with Crippen molar-refractivity contribution in [2.75, 3.05) is 11.9 Å². The Morgan fingerprint density at radius 3 is 2.81 bits per heavy atom. The molecule has 1 aliphatic rings. The van der Waals surface area contributed by atoms with Gasteiger partial charge in [-0.1, -0.05) is 19.1 Å². The number of carbonyl (C=O) groups excluding carboxylic acids is 1. The first-order chi connectivity index (χ1) is 10.1. The van der Waals surface area contributed by atoms with Gasteiger partial charge in [0.05, 0.1) is 6.54 Å². The second-order valence-corrected chi connectivity index (χ2v) is 5.54. The molecule has 1 aliphatic carbocycles. The molecule has 0 aliphatic heterocycles. The number of aliphatic imine (C=N–C) groups is 1. The van der Waals surface area contributed by atoms with Gasteiger partial charge in [0.1, 0.15) is 0 Å². The van der Waals surface area contributed by atoms with Gasteiger partial charge in [-0.3, -0.25) is 4.79 Å². The Bertz CT molecular complexity index is 527. The molecule has 2 unspecified atom stereocenters. The highest BCUT2D eigenvalue weighted by Gasteiger charge is 2.33. The summed E-state index contributed by atoms with van der Waals surface area (Å²) in [7, 11) is 0.